The van der Waals surface area contributed by atoms with Crippen LogP contribution in [-0.4, -0.2) is 55.8 Å². The highest BCUT2D eigenvalue weighted by atomic mass is 32.2. The van der Waals surface area contributed by atoms with Crippen LogP contribution < -0.4 is 4.90 Å². The summed E-state index contributed by atoms with van der Waals surface area (Å²) in [6, 6.07) is 9.30. The molecule has 49 heavy (non-hydrogen) atoms. The summed E-state index contributed by atoms with van der Waals surface area (Å²) in [6.45, 7) is 15.2. The number of anilines is 1. The van der Waals surface area contributed by atoms with Gasteiger partial charge in [-0.3, -0.25) is 13.9 Å². The second-order valence-electron chi connectivity index (χ2n) is 14.2. The van der Waals surface area contributed by atoms with Gasteiger partial charge in [-0.2, -0.15) is 16.8 Å². The number of unbranched alkanes of at least 4 members (excludes halogenated alkanes) is 2. The molecule has 10 nitrogen and oxygen atoms in total. The highest BCUT2D eigenvalue weighted by Crippen LogP contribution is 2.56. The maximum absolute atomic E-state index is 12.3. The topological polar surface area (TPSA) is 159 Å². The number of carboxylic acid groups (broad SMARTS) is 1. The van der Waals surface area contributed by atoms with Gasteiger partial charge in [0.2, 0.25) is 0 Å². The fourth-order valence-electron chi connectivity index (χ4n) is 7.90. The predicted molar refractivity (Wildman–Crippen MR) is 188 cm³/mol. The zero-order valence-electron chi connectivity index (χ0n) is 28.8. The van der Waals surface area contributed by atoms with E-state index < -0.39 is 37.0 Å². The van der Waals surface area contributed by atoms with Gasteiger partial charge < -0.3 is 14.7 Å². The van der Waals surface area contributed by atoms with E-state index in [1.165, 1.54) is 18.2 Å². The fraction of sp³-hybridized carbons (Fsp3) is 0.486. The maximum atomic E-state index is 12.3. The summed E-state index contributed by atoms with van der Waals surface area (Å²) < 4.78 is 75.4. The molecule has 3 atom stereocenters. The zero-order valence-corrected chi connectivity index (χ0v) is 30.5. The monoisotopic (exact) mass is 713 g/mol. The number of carbonyl (C=O) groups is 1. The predicted octanol–water partition coefficient (Wildman–Crippen LogP) is 7.29. The molecule has 12 heteroatoms. The smallest absolute Gasteiger partial charge is 0.303 e. The number of hydrogen-bond donors (Lipinski definition) is 3. The van der Waals surface area contributed by atoms with Gasteiger partial charge in [-0.15, -0.1) is 0 Å². The Bertz CT molecular complexity index is 1960. The minimum Gasteiger partial charge on any atom is -0.481 e. The van der Waals surface area contributed by atoms with Crippen molar-refractivity contribution < 1.29 is 40.6 Å². The summed E-state index contributed by atoms with van der Waals surface area (Å²) in [5, 5.41) is 9.16. The number of aryl methyl sites for hydroxylation is 1. The molecule has 0 saturated carbocycles. The van der Waals surface area contributed by atoms with Gasteiger partial charge in [-0.25, -0.2) is 0 Å². The summed E-state index contributed by atoms with van der Waals surface area (Å²) in [7, 11) is -8.89. The second-order valence-corrected chi connectivity index (χ2v) is 17.1. The lowest BCUT2D eigenvalue weighted by molar-refractivity contribution is -0.137. The number of hydrogen-bond acceptors (Lipinski definition) is 7. The van der Waals surface area contributed by atoms with Crippen molar-refractivity contribution in [3.63, 3.8) is 0 Å². The van der Waals surface area contributed by atoms with Gasteiger partial charge in [-0.05, 0) is 104 Å². The molecule has 2 aromatic rings. The van der Waals surface area contributed by atoms with Crippen LogP contribution in [0.15, 0.2) is 81.3 Å². The van der Waals surface area contributed by atoms with E-state index in [0.29, 0.717) is 44.2 Å². The average molecular weight is 714 g/mol. The summed E-state index contributed by atoms with van der Waals surface area (Å²) >= 11 is 0. The molecule has 3 N–H and O–H groups in total. The summed E-state index contributed by atoms with van der Waals surface area (Å²) in [6.07, 6.45) is 6.58. The Hall–Kier alpha value is -3.29. The molecule has 0 spiro atoms. The van der Waals surface area contributed by atoms with Crippen LogP contribution in [0.5, 0.6) is 0 Å². The van der Waals surface area contributed by atoms with Crippen molar-refractivity contribution in [1.29, 1.82) is 0 Å². The molecule has 5 rings (SSSR count). The zero-order chi connectivity index (χ0) is 36.1. The first-order valence-corrected chi connectivity index (χ1v) is 19.7. The molecule has 0 aromatic heterocycles. The van der Waals surface area contributed by atoms with E-state index in [4.69, 9.17) is 9.84 Å². The summed E-state index contributed by atoms with van der Waals surface area (Å²) in [4.78, 5) is 13.0. The third kappa shape index (κ3) is 7.03. The average Bonchev–Trinajstić information content (AvgIpc) is 3.27. The number of allylic oxidation sites excluding steroid dienone is 1. The van der Waals surface area contributed by atoms with Crippen molar-refractivity contribution in [2.24, 2.45) is 0 Å². The Balaban J connectivity index is 1.67. The molecular formula is C37H47NO9S2. The summed E-state index contributed by atoms with van der Waals surface area (Å²) in [5.74, 6) is -0.844. The third-order valence-corrected chi connectivity index (χ3v) is 12.3. The largest absolute Gasteiger partial charge is 0.481 e. The van der Waals surface area contributed by atoms with Gasteiger partial charge in [0, 0.05) is 40.8 Å². The minimum absolute atomic E-state index is 0.0750. The van der Waals surface area contributed by atoms with E-state index in [9.17, 15) is 30.7 Å². The maximum Gasteiger partial charge on any atom is 0.303 e. The van der Waals surface area contributed by atoms with Crippen molar-refractivity contribution in [2.75, 3.05) is 11.4 Å². The van der Waals surface area contributed by atoms with E-state index in [1.807, 2.05) is 20.8 Å². The van der Waals surface area contributed by atoms with E-state index in [-0.39, 0.29) is 28.4 Å². The highest BCUT2D eigenvalue weighted by molar-refractivity contribution is 7.86. The minimum atomic E-state index is -4.46. The Morgan fingerprint density at radius 1 is 1.04 bits per heavy atom. The Kier molecular flexibility index (Phi) is 10.1. The van der Waals surface area contributed by atoms with Gasteiger partial charge in [0.25, 0.3) is 20.2 Å². The van der Waals surface area contributed by atoms with Crippen LogP contribution in [0.25, 0.3) is 0 Å². The first-order chi connectivity index (χ1) is 22.8. The number of rotatable bonds is 13. The Labute approximate surface area is 290 Å². The number of fused-ring (bicyclic) bond motifs is 4. The van der Waals surface area contributed by atoms with Gasteiger partial charge in [0.15, 0.2) is 0 Å². The molecule has 3 aliphatic heterocycles. The van der Waals surface area contributed by atoms with Crippen LogP contribution in [0.4, 0.5) is 5.69 Å². The number of nitrogens with zero attached hydrogens (tertiary/aromatic N) is 1. The lowest BCUT2D eigenvalue weighted by Crippen LogP contribution is -2.43. The van der Waals surface area contributed by atoms with Crippen LogP contribution in [-0.2, 0) is 40.6 Å². The van der Waals surface area contributed by atoms with E-state index in [1.54, 1.807) is 18.2 Å². The van der Waals surface area contributed by atoms with Crippen molar-refractivity contribution in [2.45, 2.75) is 119 Å². The molecule has 0 aliphatic carbocycles. The molecule has 3 aliphatic rings. The quantitative estimate of drug-likeness (QED) is 0.142. The van der Waals surface area contributed by atoms with Crippen LogP contribution >= 0.6 is 0 Å². The second kappa shape index (κ2) is 13.4. The van der Waals surface area contributed by atoms with Gasteiger partial charge in [0.1, 0.15) is 0 Å². The van der Waals surface area contributed by atoms with Crippen LogP contribution in [0.1, 0.15) is 95.8 Å². The first kappa shape index (κ1) is 37.0. The Morgan fingerprint density at radius 2 is 1.69 bits per heavy atom. The lowest BCUT2D eigenvalue weighted by atomic mass is 9.70. The number of aliphatic carboxylic acids is 1. The van der Waals surface area contributed by atoms with E-state index >= 15 is 0 Å². The van der Waals surface area contributed by atoms with Crippen molar-refractivity contribution >= 4 is 31.9 Å². The van der Waals surface area contributed by atoms with Gasteiger partial charge in [0.05, 0.1) is 22.0 Å². The standard InChI is InChI=1S/C37H47NO9S2/c1-7-11-32-27(24(3)36(4,5)29-20-25(48(41,42)43)14-13-23(29)2)22-28-33(47-32)17-19-38-31-16-15-26(49(44,45)46)21-30(31)37(6,35(28)38)18-10-8-9-12-34(39)40/h13-16,20-22,32-33H,3,7-12,17-19H2,1-2,4-6H3,(H,39,40)(H,41,42,43)(H,44,45,46). The van der Waals surface area contributed by atoms with Gasteiger partial charge >= 0.3 is 5.97 Å². The Morgan fingerprint density at radius 3 is 2.33 bits per heavy atom. The van der Waals surface area contributed by atoms with Gasteiger partial charge in [-0.1, -0.05) is 52.7 Å². The third-order valence-electron chi connectivity index (χ3n) is 10.6. The summed E-state index contributed by atoms with van der Waals surface area (Å²) in [5.41, 5.74) is 5.39. The van der Waals surface area contributed by atoms with Crippen molar-refractivity contribution in [3.05, 3.63) is 88.2 Å². The number of benzene rings is 2. The van der Waals surface area contributed by atoms with Crippen molar-refractivity contribution in [3.8, 4) is 0 Å². The molecule has 266 valence electrons. The molecule has 3 unspecified atom stereocenters. The van der Waals surface area contributed by atoms with Crippen molar-refractivity contribution in [1.82, 2.24) is 0 Å². The fourth-order valence-corrected chi connectivity index (χ4v) is 8.92. The lowest BCUT2D eigenvalue weighted by Gasteiger charge is -2.44. The molecule has 0 fully saturated rings. The molecular weight excluding hydrogens is 667 g/mol. The van der Waals surface area contributed by atoms with E-state index in [0.717, 1.165) is 52.1 Å². The van der Waals surface area contributed by atoms with Crippen LogP contribution in [0.2, 0.25) is 0 Å². The molecule has 0 radical (unpaired) electrons. The molecule has 0 amide bonds. The highest BCUT2D eigenvalue weighted by Gasteiger charge is 2.49. The number of carboxylic acids is 1. The normalized spacial score (nSPS) is 22.3. The molecule has 2 aromatic carbocycles. The first-order valence-electron chi connectivity index (χ1n) is 16.8. The SMILES string of the molecule is C=C(C1=CC2=C3N(CCC2OC1CCC)c1ccc(S(=O)(=O)O)cc1C3(C)CCCCCC(=O)O)C(C)(C)c1cc(S(=O)(=O)O)ccc1C. The molecule has 3 heterocycles. The van der Waals surface area contributed by atoms with Crippen LogP contribution in [0.3, 0.4) is 0 Å². The molecule has 0 saturated heterocycles. The van der Waals surface area contributed by atoms with E-state index in [2.05, 4.69) is 31.4 Å². The van der Waals surface area contributed by atoms with Crippen LogP contribution in [0, 0.1) is 6.92 Å². The number of ether oxygens (including phenoxy) is 1. The molecule has 0 bridgehead atoms.